The number of esters is 1. The number of rotatable bonds is 6. The molecule has 5 rings (SSSR count). The number of hydrogen-bond donors (Lipinski definition) is 1. The van der Waals surface area contributed by atoms with Crippen LogP contribution in [-0.2, 0) is 20.9 Å². The van der Waals surface area contributed by atoms with Crippen LogP contribution in [0, 0.1) is 0 Å². The Bertz CT molecular complexity index is 1390. The molecule has 0 spiro atoms. The van der Waals surface area contributed by atoms with Crippen LogP contribution >= 0.6 is 11.6 Å². The van der Waals surface area contributed by atoms with Crippen molar-refractivity contribution < 1.29 is 19.1 Å². The average Bonchev–Trinajstić information content (AvgIpc) is 2.92. The highest BCUT2D eigenvalue weighted by Crippen LogP contribution is 2.47. The molecule has 5 nitrogen and oxygen atoms in total. The predicted molar refractivity (Wildman–Crippen MR) is 143 cm³/mol. The van der Waals surface area contributed by atoms with Gasteiger partial charge in [0, 0.05) is 34.0 Å². The second kappa shape index (κ2) is 10.7. The topological polar surface area (TPSA) is 64.6 Å². The summed E-state index contributed by atoms with van der Waals surface area (Å²) in [6, 6.07) is 25.1. The number of halogens is 1. The molecule has 1 aliphatic heterocycles. The van der Waals surface area contributed by atoms with E-state index in [2.05, 4.69) is 5.32 Å². The molecule has 3 aromatic rings. The van der Waals surface area contributed by atoms with Crippen molar-refractivity contribution in [2.75, 3.05) is 7.11 Å². The molecule has 0 fully saturated rings. The lowest BCUT2D eigenvalue weighted by Crippen LogP contribution is -2.36. The van der Waals surface area contributed by atoms with Gasteiger partial charge in [0.1, 0.15) is 12.4 Å². The summed E-state index contributed by atoms with van der Waals surface area (Å²) in [6.07, 6.45) is 0.997. The molecule has 1 heterocycles. The fourth-order valence-corrected chi connectivity index (χ4v) is 5.41. The van der Waals surface area contributed by atoms with Crippen molar-refractivity contribution in [1.29, 1.82) is 0 Å². The van der Waals surface area contributed by atoms with Crippen LogP contribution in [-0.4, -0.2) is 18.9 Å². The molecule has 2 aliphatic rings. The molecule has 0 saturated carbocycles. The molecule has 188 valence electrons. The van der Waals surface area contributed by atoms with Gasteiger partial charge in [-0.2, -0.15) is 0 Å². The predicted octanol–water partition coefficient (Wildman–Crippen LogP) is 6.45. The van der Waals surface area contributed by atoms with E-state index in [0.29, 0.717) is 47.1 Å². The number of carbonyl (C=O) groups excluding carboxylic acids is 2. The van der Waals surface area contributed by atoms with Gasteiger partial charge < -0.3 is 14.8 Å². The maximum Gasteiger partial charge on any atom is 0.336 e. The molecular formula is C31H28ClNO4. The SMILES string of the molecule is COC(=O)C1=C(C)NC2=C(C(=O)C[C@@H](c3ccc(Cl)cc3)C2)[C@H]1c1ccccc1OCc1ccccc1. The first-order valence-electron chi connectivity index (χ1n) is 12.3. The molecular weight excluding hydrogens is 486 g/mol. The van der Waals surface area contributed by atoms with Crippen molar-refractivity contribution in [2.24, 2.45) is 0 Å². The largest absolute Gasteiger partial charge is 0.489 e. The first kappa shape index (κ1) is 24.8. The van der Waals surface area contributed by atoms with Crippen LogP contribution in [0.2, 0.25) is 5.02 Å². The highest BCUT2D eigenvalue weighted by atomic mass is 35.5. The lowest BCUT2D eigenvalue weighted by molar-refractivity contribution is -0.136. The Morgan fingerprint density at radius 1 is 0.973 bits per heavy atom. The van der Waals surface area contributed by atoms with Gasteiger partial charge in [-0.25, -0.2) is 4.79 Å². The van der Waals surface area contributed by atoms with Crippen LogP contribution < -0.4 is 10.1 Å². The number of hydrogen-bond acceptors (Lipinski definition) is 5. The normalized spacial score (nSPS) is 19.3. The molecule has 0 unspecified atom stereocenters. The van der Waals surface area contributed by atoms with Gasteiger partial charge in [0.05, 0.1) is 18.6 Å². The van der Waals surface area contributed by atoms with Gasteiger partial charge in [-0.3, -0.25) is 4.79 Å². The number of benzene rings is 3. The number of ether oxygens (including phenoxy) is 2. The number of nitrogens with one attached hydrogen (secondary N) is 1. The minimum Gasteiger partial charge on any atom is -0.489 e. The number of ketones is 1. The standard InChI is InChI=1S/C31H28ClNO4/c1-19-28(31(35)36-2)29(24-10-6-7-11-27(24)37-18-20-8-4-3-5-9-20)30-25(33-19)16-22(17-26(30)34)21-12-14-23(32)15-13-21/h3-15,22,29,33H,16-18H2,1-2H3/t22-,29-/m0/s1. The van der Waals surface area contributed by atoms with Gasteiger partial charge in [-0.05, 0) is 48.6 Å². The fourth-order valence-electron chi connectivity index (χ4n) is 5.29. The third-order valence-corrected chi connectivity index (χ3v) is 7.29. The van der Waals surface area contributed by atoms with E-state index < -0.39 is 11.9 Å². The van der Waals surface area contributed by atoms with Gasteiger partial charge in [0.2, 0.25) is 0 Å². The van der Waals surface area contributed by atoms with Gasteiger partial charge >= 0.3 is 5.97 Å². The van der Waals surface area contributed by atoms with E-state index in [1.165, 1.54) is 7.11 Å². The van der Waals surface area contributed by atoms with E-state index in [4.69, 9.17) is 21.1 Å². The van der Waals surface area contributed by atoms with E-state index in [-0.39, 0.29) is 11.7 Å². The van der Waals surface area contributed by atoms with Crippen molar-refractivity contribution in [3.8, 4) is 5.75 Å². The number of carbonyl (C=O) groups is 2. The summed E-state index contributed by atoms with van der Waals surface area (Å²) < 4.78 is 11.4. The van der Waals surface area contributed by atoms with Crippen molar-refractivity contribution in [2.45, 2.75) is 38.2 Å². The van der Waals surface area contributed by atoms with Gasteiger partial charge in [-0.15, -0.1) is 0 Å². The second-order valence-corrected chi connectivity index (χ2v) is 9.81. The summed E-state index contributed by atoms with van der Waals surface area (Å²) >= 11 is 6.08. The maximum atomic E-state index is 13.8. The molecule has 0 amide bonds. The van der Waals surface area contributed by atoms with E-state index in [1.807, 2.05) is 85.8 Å². The Kier molecular flexibility index (Phi) is 7.15. The van der Waals surface area contributed by atoms with Crippen molar-refractivity contribution in [3.63, 3.8) is 0 Å². The van der Waals surface area contributed by atoms with Crippen LogP contribution in [0.3, 0.4) is 0 Å². The smallest absolute Gasteiger partial charge is 0.336 e. The molecule has 0 saturated heterocycles. The Morgan fingerprint density at radius 2 is 1.68 bits per heavy atom. The first-order chi connectivity index (χ1) is 18.0. The highest BCUT2D eigenvalue weighted by Gasteiger charge is 2.42. The van der Waals surface area contributed by atoms with Crippen LogP contribution in [0.25, 0.3) is 0 Å². The number of methoxy groups -OCH3 is 1. The molecule has 0 aromatic heterocycles. The molecule has 3 aromatic carbocycles. The Balaban J connectivity index is 1.56. The Labute approximate surface area is 221 Å². The van der Waals surface area contributed by atoms with E-state index in [1.54, 1.807) is 0 Å². The van der Waals surface area contributed by atoms with E-state index >= 15 is 0 Å². The summed E-state index contributed by atoms with van der Waals surface area (Å²) in [6.45, 7) is 2.23. The summed E-state index contributed by atoms with van der Waals surface area (Å²) in [5.41, 5.74) is 5.41. The molecule has 0 bridgehead atoms. The Morgan fingerprint density at radius 3 is 2.41 bits per heavy atom. The molecule has 2 atom stereocenters. The minimum absolute atomic E-state index is 0.00506. The highest BCUT2D eigenvalue weighted by molar-refractivity contribution is 6.30. The number of Topliss-reactive ketones (excluding diaryl/α,β-unsaturated/α-hetero) is 1. The molecule has 6 heteroatoms. The number of allylic oxidation sites excluding steroid dienone is 3. The first-order valence-corrected chi connectivity index (χ1v) is 12.7. The Hall–Kier alpha value is -3.83. The van der Waals surface area contributed by atoms with Gasteiger partial charge in [-0.1, -0.05) is 72.3 Å². The summed E-state index contributed by atoms with van der Waals surface area (Å²) in [5, 5.41) is 4.04. The third kappa shape index (κ3) is 5.05. The molecule has 37 heavy (non-hydrogen) atoms. The maximum absolute atomic E-state index is 13.8. The average molecular weight is 514 g/mol. The molecule has 0 radical (unpaired) electrons. The van der Waals surface area contributed by atoms with Crippen molar-refractivity contribution in [3.05, 3.63) is 123 Å². The van der Waals surface area contributed by atoms with Crippen LogP contribution in [0.5, 0.6) is 5.75 Å². The monoisotopic (exact) mass is 513 g/mol. The summed E-state index contributed by atoms with van der Waals surface area (Å²) in [5.74, 6) is -0.396. The third-order valence-electron chi connectivity index (χ3n) is 7.04. The fraction of sp³-hybridized carbons (Fsp3) is 0.226. The second-order valence-electron chi connectivity index (χ2n) is 9.37. The lowest BCUT2D eigenvalue weighted by Gasteiger charge is -2.37. The number of para-hydroxylation sites is 1. The number of dihydropyridines is 1. The molecule has 1 N–H and O–H groups in total. The zero-order chi connectivity index (χ0) is 25.9. The van der Waals surface area contributed by atoms with E-state index in [0.717, 1.165) is 22.4 Å². The summed E-state index contributed by atoms with van der Waals surface area (Å²) in [7, 11) is 1.36. The van der Waals surface area contributed by atoms with Crippen LogP contribution in [0.15, 0.2) is 101 Å². The van der Waals surface area contributed by atoms with E-state index in [9.17, 15) is 9.59 Å². The molecule has 1 aliphatic carbocycles. The minimum atomic E-state index is -0.589. The quantitative estimate of drug-likeness (QED) is 0.383. The zero-order valence-electron chi connectivity index (χ0n) is 20.8. The lowest BCUT2D eigenvalue weighted by atomic mass is 9.71. The van der Waals surface area contributed by atoms with Crippen molar-refractivity contribution in [1.82, 2.24) is 5.32 Å². The van der Waals surface area contributed by atoms with Gasteiger partial charge in [0.15, 0.2) is 5.78 Å². The summed E-state index contributed by atoms with van der Waals surface area (Å²) in [4.78, 5) is 26.8. The van der Waals surface area contributed by atoms with Crippen LogP contribution in [0.1, 0.15) is 48.3 Å². The van der Waals surface area contributed by atoms with Gasteiger partial charge in [0.25, 0.3) is 0 Å². The zero-order valence-corrected chi connectivity index (χ0v) is 21.5. The van der Waals surface area contributed by atoms with Crippen LogP contribution in [0.4, 0.5) is 0 Å². The van der Waals surface area contributed by atoms with Crippen molar-refractivity contribution >= 4 is 23.4 Å².